The SMILES string of the molecule is COC(=O)c1ccc(-c2nc(CS(=O)(=O)[C@@H]3CC[C@H](CC(=O)OC(C)(C)C)C3)c(C)o2)cc1.Cc1oc(-c2ccc(C(=O)O)cc2)nc1CS(=O)(=O)[C@@H]1CC[C@H](CC(=O)OC(C)(C)C)C1.[Na+].[OH-]. The maximum absolute atomic E-state index is 13.1. The zero-order chi connectivity index (χ0) is 48.1. The summed E-state index contributed by atoms with van der Waals surface area (Å²) in [5, 5.41) is 7.98. The average Bonchev–Trinajstić information content (AvgIpc) is 4.02. The van der Waals surface area contributed by atoms with E-state index in [2.05, 4.69) is 14.7 Å². The first-order chi connectivity index (χ1) is 30.2. The molecule has 4 atom stereocenters. The summed E-state index contributed by atoms with van der Waals surface area (Å²) in [6.45, 7) is 14.2. The summed E-state index contributed by atoms with van der Waals surface area (Å²) >= 11 is 0. The Morgan fingerprint density at radius 3 is 1.33 bits per heavy atom. The molecule has 0 bridgehead atoms. The van der Waals surface area contributed by atoms with Crippen LogP contribution >= 0.6 is 0 Å². The van der Waals surface area contributed by atoms with Crippen molar-refractivity contribution < 1.29 is 99.2 Å². The van der Waals surface area contributed by atoms with Gasteiger partial charge in [0.05, 0.1) is 51.6 Å². The van der Waals surface area contributed by atoms with Crippen molar-refractivity contribution in [3.63, 3.8) is 0 Å². The third-order valence-electron chi connectivity index (χ3n) is 11.1. The van der Waals surface area contributed by atoms with Crippen LogP contribution in [0, 0.1) is 25.7 Å². The zero-order valence-electron chi connectivity index (χ0n) is 39.9. The van der Waals surface area contributed by atoms with E-state index >= 15 is 0 Å². The molecule has 67 heavy (non-hydrogen) atoms. The van der Waals surface area contributed by atoms with Crippen LogP contribution in [0.5, 0.6) is 0 Å². The smallest absolute Gasteiger partial charge is 0.870 e. The number of carboxylic acids is 1. The number of hydrogen-bond donors (Lipinski definition) is 1. The summed E-state index contributed by atoms with van der Waals surface area (Å²) in [5.74, 6) is -1.14. The molecule has 2 saturated carbocycles. The summed E-state index contributed by atoms with van der Waals surface area (Å²) < 4.78 is 78.9. The first kappa shape index (κ1) is 56.9. The van der Waals surface area contributed by atoms with Crippen molar-refractivity contribution >= 4 is 43.6 Å². The van der Waals surface area contributed by atoms with Crippen LogP contribution in [0.25, 0.3) is 22.9 Å². The van der Waals surface area contributed by atoms with Crippen LogP contribution in [0.15, 0.2) is 57.4 Å². The first-order valence-corrected chi connectivity index (χ1v) is 25.0. The number of aromatic nitrogens is 2. The molecule has 2 aromatic carbocycles. The van der Waals surface area contributed by atoms with Gasteiger partial charge in [-0.1, -0.05) is 0 Å². The van der Waals surface area contributed by atoms with E-state index in [1.165, 1.54) is 19.2 Å². The Morgan fingerprint density at radius 2 is 1.00 bits per heavy atom. The molecule has 0 unspecified atom stereocenters. The van der Waals surface area contributed by atoms with E-state index in [1.54, 1.807) is 50.2 Å². The number of aryl methyl sites for hydroxylation is 2. The average molecular weight is 981 g/mol. The van der Waals surface area contributed by atoms with E-state index in [4.69, 9.17) is 23.4 Å². The molecule has 362 valence electrons. The number of esters is 3. The normalized spacial score (nSPS) is 18.4. The largest absolute Gasteiger partial charge is 1.00 e. The van der Waals surface area contributed by atoms with Gasteiger partial charge in [0, 0.05) is 24.0 Å². The molecule has 2 aliphatic rings. The van der Waals surface area contributed by atoms with Crippen molar-refractivity contribution in [3.05, 3.63) is 82.6 Å². The van der Waals surface area contributed by atoms with Crippen LogP contribution < -0.4 is 29.6 Å². The number of carbonyl (C=O) groups is 4. The van der Waals surface area contributed by atoms with Gasteiger partial charge < -0.3 is 33.6 Å². The number of nitrogens with zero attached hydrogens (tertiary/aromatic N) is 2. The van der Waals surface area contributed by atoms with Crippen molar-refractivity contribution in [2.45, 2.75) is 140 Å². The Kier molecular flexibility index (Phi) is 19.8. The number of carbonyl (C=O) groups excluding carboxylic acids is 3. The molecular weight excluding hydrogens is 920 g/mol. The maximum Gasteiger partial charge on any atom is 1.00 e. The maximum atomic E-state index is 13.1. The predicted molar refractivity (Wildman–Crippen MR) is 242 cm³/mol. The monoisotopic (exact) mass is 980 g/mol. The Balaban J connectivity index is 0.000000345. The van der Waals surface area contributed by atoms with E-state index in [0.29, 0.717) is 84.0 Å². The van der Waals surface area contributed by atoms with Crippen molar-refractivity contribution in [1.82, 2.24) is 9.97 Å². The number of benzene rings is 2. The fraction of sp³-hybridized carbons (Fsp3) is 0.532. The van der Waals surface area contributed by atoms with Crippen molar-refractivity contribution in [3.8, 4) is 22.9 Å². The summed E-state index contributed by atoms with van der Waals surface area (Å²) in [6, 6.07) is 12.6. The number of sulfone groups is 2. The van der Waals surface area contributed by atoms with Crippen LogP contribution in [0.3, 0.4) is 0 Å². The van der Waals surface area contributed by atoms with Crippen LogP contribution in [0.2, 0.25) is 0 Å². The second-order valence-corrected chi connectivity index (χ2v) is 23.4. The number of hydrogen-bond acceptors (Lipinski definition) is 16. The molecule has 0 radical (unpaired) electrons. The van der Waals surface area contributed by atoms with Crippen LogP contribution in [-0.2, 0) is 55.0 Å². The van der Waals surface area contributed by atoms with E-state index in [9.17, 15) is 36.0 Å². The van der Waals surface area contributed by atoms with E-state index in [1.807, 2.05) is 41.5 Å². The predicted octanol–water partition coefficient (Wildman–Crippen LogP) is 5.24. The zero-order valence-corrected chi connectivity index (χ0v) is 43.5. The molecule has 2 aliphatic carbocycles. The van der Waals surface area contributed by atoms with Crippen molar-refractivity contribution in [2.24, 2.45) is 11.8 Å². The molecule has 6 rings (SSSR count). The molecule has 2 aromatic heterocycles. The van der Waals surface area contributed by atoms with Gasteiger partial charge in [0.25, 0.3) is 0 Å². The number of carboxylic acid groups (broad SMARTS) is 1. The Labute approximate surface area is 414 Å². The molecule has 2 fully saturated rings. The quantitative estimate of drug-likeness (QED) is 0.0961. The second-order valence-electron chi connectivity index (χ2n) is 18.8. The van der Waals surface area contributed by atoms with Gasteiger partial charge in [-0.2, -0.15) is 0 Å². The third-order valence-corrected chi connectivity index (χ3v) is 15.4. The minimum atomic E-state index is -3.48. The third kappa shape index (κ3) is 16.4. The molecular formula is C47H61N2NaO15S2. The standard InChI is InChI=1S/C24H31NO7S.C23H29NO7S.Na.H2O/c1-15-20(25-22(31-15)17-7-9-18(10-8-17)23(27)30-5)14-33(28,29)19-11-6-16(12-19)13-21(26)32-24(2,3)4;1-14-19(24-21(30-14)16-6-8-17(9-7-16)22(26)27)13-32(28,29)18-10-5-15(11-18)12-20(25)31-23(2,3)4;;/h7-10,16,19H,6,11-14H2,1-5H3;6-9,15,18H,5,10-13H2,1-4H3,(H,26,27);;1H2/q;;+1;/p-1/t16-,19+;15-,18+;;/m00../s1. The van der Waals surface area contributed by atoms with Gasteiger partial charge in [0.1, 0.15) is 22.7 Å². The van der Waals surface area contributed by atoms with Crippen LogP contribution in [0.4, 0.5) is 0 Å². The molecule has 17 nitrogen and oxygen atoms in total. The van der Waals surface area contributed by atoms with Gasteiger partial charge in [0.15, 0.2) is 19.7 Å². The van der Waals surface area contributed by atoms with Crippen LogP contribution in [0.1, 0.15) is 137 Å². The fourth-order valence-corrected chi connectivity index (χ4v) is 11.8. The van der Waals surface area contributed by atoms with Gasteiger partial charge >= 0.3 is 53.4 Å². The van der Waals surface area contributed by atoms with E-state index in [0.717, 1.165) is 0 Å². The van der Waals surface area contributed by atoms with Gasteiger partial charge in [-0.15, -0.1) is 0 Å². The fourth-order valence-electron chi connectivity index (χ4n) is 7.93. The first-order valence-electron chi connectivity index (χ1n) is 21.5. The molecule has 0 amide bonds. The minimum absolute atomic E-state index is 0. The minimum Gasteiger partial charge on any atom is -0.870 e. The molecule has 0 saturated heterocycles. The van der Waals surface area contributed by atoms with E-state index < -0.39 is 53.3 Å². The summed E-state index contributed by atoms with van der Waals surface area (Å²) in [4.78, 5) is 55.5. The molecule has 0 aliphatic heterocycles. The topological polar surface area (TPSA) is 267 Å². The van der Waals surface area contributed by atoms with E-state index in [-0.39, 0.29) is 94.6 Å². The van der Waals surface area contributed by atoms with Gasteiger partial charge in [-0.3, -0.25) is 9.59 Å². The molecule has 2 heterocycles. The Morgan fingerprint density at radius 1 is 0.642 bits per heavy atom. The summed E-state index contributed by atoms with van der Waals surface area (Å²) in [7, 11) is -5.63. The Bertz CT molecular complexity index is 2570. The van der Waals surface area contributed by atoms with Gasteiger partial charge in [0.2, 0.25) is 11.8 Å². The molecule has 20 heteroatoms. The van der Waals surface area contributed by atoms with Gasteiger partial charge in [-0.05, 0) is 154 Å². The van der Waals surface area contributed by atoms with Gasteiger partial charge in [-0.25, -0.2) is 36.4 Å². The number of methoxy groups -OCH3 is 1. The molecule has 4 aromatic rings. The molecule has 0 spiro atoms. The number of oxazole rings is 2. The Hall–Kier alpha value is -4.40. The second kappa shape index (κ2) is 23.3. The van der Waals surface area contributed by atoms with Crippen molar-refractivity contribution in [1.29, 1.82) is 0 Å². The van der Waals surface area contributed by atoms with Crippen LogP contribution in [-0.4, -0.2) is 90.1 Å². The van der Waals surface area contributed by atoms with Crippen molar-refractivity contribution in [2.75, 3.05) is 7.11 Å². The number of ether oxygens (including phenoxy) is 3. The number of aromatic carboxylic acids is 1. The summed E-state index contributed by atoms with van der Waals surface area (Å²) in [6.07, 6.45) is 3.72. The summed E-state index contributed by atoms with van der Waals surface area (Å²) in [5.41, 5.74) is 1.35. The number of rotatable bonds is 14. The molecule has 2 N–H and O–H groups in total.